The molecular weight excluding hydrogens is 248 g/mol. The van der Waals surface area contributed by atoms with E-state index in [2.05, 4.69) is 27.0 Å². The fourth-order valence-electron chi connectivity index (χ4n) is 2.30. The normalized spacial score (nSPS) is 15.6. The van der Waals surface area contributed by atoms with Gasteiger partial charge in [0.1, 0.15) is 0 Å². The molecule has 0 saturated heterocycles. The molecule has 0 rings (SSSR count). The maximum absolute atomic E-state index is 5.62. The first-order valence-electron chi connectivity index (χ1n) is 8.00. The summed E-state index contributed by atoms with van der Waals surface area (Å²) in [5, 5.41) is 0. The second-order valence-electron chi connectivity index (χ2n) is 5.77. The van der Waals surface area contributed by atoms with E-state index in [-0.39, 0.29) is 6.29 Å². The van der Waals surface area contributed by atoms with Crippen molar-refractivity contribution in [3.63, 3.8) is 0 Å². The van der Waals surface area contributed by atoms with Crippen molar-refractivity contribution < 1.29 is 9.47 Å². The molecular formula is C18H34O2. The van der Waals surface area contributed by atoms with Gasteiger partial charge in [-0.1, -0.05) is 31.6 Å². The van der Waals surface area contributed by atoms with Gasteiger partial charge in [-0.25, -0.2) is 0 Å². The smallest absolute Gasteiger partial charge is 0.154 e. The molecule has 0 aromatic rings. The molecule has 3 atom stereocenters. The van der Waals surface area contributed by atoms with Crippen molar-refractivity contribution in [2.45, 2.75) is 66.1 Å². The Kier molecular flexibility index (Phi) is 11.8. The van der Waals surface area contributed by atoms with Crippen LogP contribution in [0.5, 0.6) is 0 Å². The van der Waals surface area contributed by atoms with Crippen LogP contribution in [0.2, 0.25) is 0 Å². The van der Waals surface area contributed by atoms with E-state index < -0.39 is 0 Å². The molecule has 0 fully saturated rings. The van der Waals surface area contributed by atoms with Gasteiger partial charge in [-0.05, 0) is 58.3 Å². The van der Waals surface area contributed by atoms with Crippen molar-refractivity contribution in [3.8, 4) is 0 Å². The highest BCUT2D eigenvalue weighted by molar-refractivity contribution is 4.96. The van der Waals surface area contributed by atoms with Gasteiger partial charge >= 0.3 is 0 Å². The average Bonchev–Trinajstić information content (AvgIpc) is 2.38. The Morgan fingerprint density at radius 3 is 2.35 bits per heavy atom. The molecule has 3 unspecified atom stereocenters. The van der Waals surface area contributed by atoms with Crippen molar-refractivity contribution in [1.82, 2.24) is 0 Å². The molecule has 2 nitrogen and oxygen atoms in total. The van der Waals surface area contributed by atoms with E-state index in [9.17, 15) is 0 Å². The maximum atomic E-state index is 5.62. The minimum Gasteiger partial charge on any atom is -0.353 e. The van der Waals surface area contributed by atoms with Gasteiger partial charge in [0.2, 0.25) is 0 Å². The van der Waals surface area contributed by atoms with Crippen LogP contribution in [-0.2, 0) is 9.47 Å². The highest BCUT2D eigenvalue weighted by Crippen LogP contribution is 2.24. The first-order chi connectivity index (χ1) is 9.51. The lowest BCUT2D eigenvalue weighted by Gasteiger charge is -2.20. The Morgan fingerprint density at radius 2 is 1.80 bits per heavy atom. The molecule has 118 valence electrons. The van der Waals surface area contributed by atoms with E-state index in [1.54, 1.807) is 0 Å². The summed E-state index contributed by atoms with van der Waals surface area (Å²) in [5.74, 6) is 1.33. The van der Waals surface area contributed by atoms with Crippen molar-refractivity contribution in [3.05, 3.63) is 24.8 Å². The summed E-state index contributed by atoms with van der Waals surface area (Å²) in [6.45, 7) is 17.8. The van der Waals surface area contributed by atoms with Gasteiger partial charge in [0.05, 0.1) is 0 Å². The topological polar surface area (TPSA) is 18.5 Å². The molecule has 0 aromatic carbocycles. The van der Waals surface area contributed by atoms with Gasteiger partial charge in [-0.15, -0.1) is 6.58 Å². The summed E-state index contributed by atoms with van der Waals surface area (Å²) in [7, 11) is 0. The number of allylic oxidation sites excluding steroid dienone is 2. The van der Waals surface area contributed by atoms with Crippen molar-refractivity contribution >= 4 is 0 Å². The average molecular weight is 282 g/mol. The fraction of sp³-hybridized carbons (Fsp3) is 0.778. The van der Waals surface area contributed by atoms with Crippen LogP contribution < -0.4 is 0 Å². The van der Waals surface area contributed by atoms with Crippen molar-refractivity contribution in [1.29, 1.82) is 0 Å². The SMILES string of the molecule is C=CCCC(CCC(C)CCOC(C)OCC)C(=C)C. The number of hydrogen-bond acceptors (Lipinski definition) is 2. The number of ether oxygens (including phenoxy) is 2. The molecule has 0 aliphatic carbocycles. The number of rotatable bonds is 13. The van der Waals surface area contributed by atoms with Crippen LogP contribution in [-0.4, -0.2) is 19.5 Å². The fourth-order valence-corrected chi connectivity index (χ4v) is 2.30. The van der Waals surface area contributed by atoms with Gasteiger partial charge < -0.3 is 9.47 Å². The third-order valence-electron chi connectivity index (χ3n) is 3.79. The van der Waals surface area contributed by atoms with E-state index in [1.807, 2.05) is 19.9 Å². The molecule has 0 radical (unpaired) electrons. The van der Waals surface area contributed by atoms with Crippen molar-refractivity contribution in [2.24, 2.45) is 11.8 Å². The predicted octanol–water partition coefficient (Wildman–Crippen LogP) is 5.35. The molecule has 0 aliphatic heterocycles. The summed E-state index contributed by atoms with van der Waals surface area (Å²) in [4.78, 5) is 0. The van der Waals surface area contributed by atoms with E-state index >= 15 is 0 Å². The van der Waals surface area contributed by atoms with Crippen LogP contribution in [0.15, 0.2) is 24.8 Å². The standard InChI is InChI=1S/C18H34O2/c1-7-9-10-18(15(3)4)12-11-16(5)13-14-20-17(6)19-8-2/h7,16-18H,1,3,8-14H2,2,4-6H3. The van der Waals surface area contributed by atoms with Crippen LogP contribution in [0.1, 0.15) is 59.8 Å². The highest BCUT2D eigenvalue weighted by atomic mass is 16.7. The van der Waals surface area contributed by atoms with E-state index in [4.69, 9.17) is 9.47 Å². The van der Waals surface area contributed by atoms with Crippen LogP contribution in [0.3, 0.4) is 0 Å². The Labute approximate surface area is 126 Å². The van der Waals surface area contributed by atoms with E-state index in [0.29, 0.717) is 18.4 Å². The van der Waals surface area contributed by atoms with E-state index in [1.165, 1.54) is 24.8 Å². The van der Waals surface area contributed by atoms with Gasteiger partial charge in [0.25, 0.3) is 0 Å². The molecule has 0 bridgehead atoms. The van der Waals surface area contributed by atoms with Crippen LogP contribution in [0.25, 0.3) is 0 Å². The molecule has 0 spiro atoms. The molecule has 0 amide bonds. The molecule has 0 N–H and O–H groups in total. The second-order valence-corrected chi connectivity index (χ2v) is 5.77. The first kappa shape index (κ1) is 19.4. The molecule has 0 heterocycles. The summed E-state index contributed by atoms with van der Waals surface area (Å²) in [6, 6.07) is 0. The third kappa shape index (κ3) is 10.2. The quantitative estimate of drug-likeness (QED) is 0.335. The first-order valence-corrected chi connectivity index (χ1v) is 8.00. The maximum Gasteiger partial charge on any atom is 0.154 e. The predicted molar refractivity (Wildman–Crippen MR) is 87.8 cm³/mol. The lowest BCUT2D eigenvalue weighted by atomic mass is 9.88. The Hall–Kier alpha value is -0.600. The zero-order chi connectivity index (χ0) is 15.4. The summed E-state index contributed by atoms with van der Waals surface area (Å²) in [6.07, 6.45) is 7.75. The van der Waals surface area contributed by atoms with Gasteiger partial charge in [-0.2, -0.15) is 0 Å². The Balaban J connectivity index is 3.80. The van der Waals surface area contributed by atoms with E-state index in [0.717, 1.165) is 19.4 Å². The van der Waals surface area contributed by atoms with Crippen LogP contribution in [0.4, 0.5) is 0 Å². The van der Waals surface area contributed by atoms with Gasteiger partial charge in [-0.3, -0.25) is 0 Å². The number of hydrogen-bond donors (Lipinski definition) is 0. The zero-order valence-electron chi connectivity index (χ0n) is 14.0. The minimum absolute atomic E-state index is 0.0806. The van der Waals surface area contributed by atoms with Gasteiger partial charge in [0, 0.05) is 13.2 Å². The largest absolute Gasteiger partial charge is 0.353 e. The summed E-state index contributed by atoms with van der Waals surface area (Å²) >= 11 is 0. The van der Waals surface area contributed by atoms with Gasteiger partial charge in [0.15, 0.2) is 6.29 Å². The highest BCUT2D eigenvalue weighted by Gasteiger charge is 2.11. The summed E-state index contributed by atoms with van der Waals surface area (Å²) in [5.41, 5.74) is 1.31. The summed E-state index contributed by atoms with van der Waals surface area (Å²) < 4.78 is 11.0. The second kappa shape index (κ2) is 12.2. The lowest BCUT2D eigenvalue weighted by molar-refractivity contribution is -0.129. The monoisotopic (exact) mass is 282 g/mol. The van der Waals surface area contributed by atoms with Crippen LogP contribution in [0, 0.1) is 11.8 Å². The molecule has 20 heavy (non-hydrogen) atoms. The Bertz CT molecular complexity index is 260. The lowest BCUT2D eigenvalue weighted by Crippen LogP contribution is -2.15. The van der Waals surface area contributed by atoms with Crippen LogP contribution >= 0.6 is 0 Å². The molecule has 0 aliphatic rings. The zero-order valence-corrected chi connectivity index (χ0v) is 14.0. The third-order valence-corrected chi connectivity index (χ3v) is 3.79. The minimum atomic E-state index is -0.0806. The van der Waals surface area contributed by atoms with Crippen molar-refractivity contribution in [2.75, 3.05) is 13.2 Å². The molecule has 2 heteroatoms. The Morgan fingerprint density at radius 1 is 1.10 bits per heavy atom. The molecule has 0 aromatic heterocycles. The molecule has 0 saturated carbocycles.